The maximum absolute atomic E-state index is 13.5. The molecular formula is C36H43Cl2N3O2. The van der Waals surface area contributed by atoms with Gasteiger partial charge in [-0.3, -0.25) is 19.4 Å². The van der Waals surface area contributed by atoms with Crippen LogP contribution >= 0.6 is 23.2 Å². The molecule has 0 bridgehead atoms. The van der Waals surface area contributed by atoms with Gasteiger partial charge >= 0.3 is 0 Å². The maximum Gasteiger partial charge on any atom is 0.228 e. The molecule has 2 saturated heterocycles. The van der Waals surface area contributed by atoms with Crippen LogP contribution in [-0.4, -0.2) is 60.3 Å². The van der Waals surface area contributed by atoms with Gasteiger partial charge in [-0.05, 0) is 73.1 Å². The molecule has 0 radical (unpaired) electrons. The summed E-state index contributed by atoms with van der Waals surface area (Å²) in [7, 11) is 0. The smallest absolute Gasteiger partial charge is 0.228 e. The summed E-state index contributed by atoms with van der Waals surface area (Å²) in [6.07, 6.45) is 2.09. The van der Waals surface area contributed by atoms with Crippen LogP contribution in [0.4, 0.5) is 0 Å². The van der Waals surface area contributed by atoms with E-state index in [9.17, 15) is 9.59 Å². The number of likely N-dealkylation sites (N-methyl/N-ethyl adjacent to an activating group) is 1. The largest absolute Gasteiger partial charge is 0.369 e. The Hall–Kier alpha value is -2.70. The van der Waals surface area contributed by atoms with Crippen molar-refractivity contribution in [1.29, 1.82) is 0 Å². The minimum atomic E-state index is -0.779. The molecule has 0 aliphatic carbocycles. The van der Waals surface area contributed by atoms with Gasteiger partial charge in [0, 0.05) is 23.6 Å². The minimum absolute atomic E-state index is 0.00219. The first-order valence-electron chi connectivity index (χ1n) is 15.3. The topological polar surface area (TPSA) is 66.6 Å². The van der Waals surface area contributed by atoms with Crippen LogP contribution in [0.15, 0.2) is 72.8 Å². The number of likely N-dealkylation sites (tertiary alicyclic amines) is 2. The lowest BCUT2D eigenvalue weighted by molar-refractivity contribution is -0.127. The second-order valence-electron chi connectivity index (χ2n) is 13.4. The van der Waals surface area contributed by atoms with Gasteiger partial charge in [-0.2, -0.15) is 0 Å². The zero-order valence-corrected chi connectivity index (χ0v) is 27.2. The quantitative estimate of drug-likeness (QED) is 0.275. The van der Waals surface area contributed by atoms with E-state index >= 15 is 0 Å². The summed E-state index contributed by atoms with van der Waals surface area (Å²) in [6.45, 7) is 12.0. The number of benzene rings is 3. The van der Waals surface area contributed by atoms with Gasteiger partial charge in [0.25, 0.3) is 0 Å². The zero-order chi connectivity index (χ0) is 31.0. The van der Waals surface area contributed by atoms with Crippen molar-refractivity contribution in [3.8, 4) is 0 Å². The Labute approximate surface area is 266 Å². The molecule has 2 aliphatic heterocycles. The molecule has 2 heterocycles. The van der Waals surface area contributed by atoms with Crippen molar-refractivity contribution in [3.63, 3.8) is 0 Å². The Morgan fingerprint density at radius 2 is 1.60 bits per heavy atom. The molecule has 0 spiro atoms. The number of Topliss-reactive ketones (excluding diaryl/α,β-unsaturated/α-hetero) is 1. The molecule has 2 aliphatic rings. The van der Waals surface area contributed by atoms with Crippen molar-refractivity contribution in [2.24, 2.45) is 5.73 Å². The van der Waals surface area contributed by atoms with E-state index in [-0.39, 0.29) is 28.6 Å². The zero-order valence-electron chi connectivity index (χ0n) is 25.7. The van der Waals surface area contributed by atoms with E-state index in [0.29, 0.717) is 36.0 Å². The van der Waals surface area contributed by atoms with Gasteiger partial charge < -0.3 is 5.73 Å². The highest BCUT2D eigenvalue weighted by Crippen LogP contribution is 2.49. The molecule has 3 unspecified atom stereocenters. The van der Waals surface area contributed by atoms with Gasteiger partial charge in [0.2, 0.25) is 5.91 Å². The summed E-state index contributed by atoms with van der Waals surface area (Å²) < 4.78 is 0. The number of carbonyl (C=O) groups is 2. The number of carbonyl (C=O) groups excluding carboxylic acids is 2. The van der Waals surface area contributed by atoms with Crippen LogP contribution in [0.2, 0.25) is 10.0 Å². The van der Waals surface area contributed by atoms with E-state index in [1.165, 1.54) is 5.56 Å². The fraction of sp³-hybridized carbons (Fsp3) is 0.444. The number of nitrogens with two attached hydrogens (primary N) is 1. The van der Waals surface area contributed by atoms with Crippen LogP contribution in [0.3, 0.4) is 0 Å². The molecule has 43 heavy (non-hydrogen) atoms. The van der Waals surface area contributed by atoms with Crippen LogP contribution in [0.1, 0.15) is 74.0 Å². The molecule has 1 amide bonds. The number of amides is 1. The number of piperidine rings is 1. The molecule has 3 aromatic carbocycles. The van der Waals surface area contributed by atoms with Crippen LogP contribution in [0.25, 0.3) is 0 Å². The summed E-state index contributed by atoms with van der Waals surface area (Å²) in [5, 5.41) is 1.02. The third-order valence-electron chi connectivity index (χ3n) is 9.96. The predicted molar refractivity (Wildman–Crippen MR) is 176 cm³/mol. The van der Waals surface area contributed by atoms with E-state index in [2.05, 4.69) is 55.7 Å². The van der Waals surface area contributed by atoms with Gasteiger partial charge in [0.15, 0.2) is 5.78 Å². The Kier molecular flexibility index (Phi) is 9.12. The number of primary amides is 1. The molecule has 5 rings (SSSR count). The van der Waals surface area contributed by atoms with Crippen molar-refractivity contribution < 1.29 is 9.59 Å². The fourth-order valence-electron chi connectivity index (χ4n) is 7.37. The van der Waals surface area contributed by atoms with Crippen LogP contribution in [-0.2, 0) is 21.0 Å². The van der Waals surface area contributed by atoms with Gasteiger partial charge in [-0.1, -0.05) is 112 Å². The summed E-state index contributed by atoms with van der Waals surface area (Å²) in [4.78, 5) is 31.6. The highest BCUT2D eigenvalue weighted by molar-refractivity contribution is 6.42. The Morgan fingerprint density at radius 3 is 2.21 bits per heavy atom. The van der Waals surface area contributed by atoms with E-state index in [1.807, 2.05) is 54.6 Å². The first-order chi connectivity index (χ1) is 20.4. The van der Waals surface area contributed by atoms with E-state index in [4.69, 9.17) is 28.9 Å². The average molecular weight is 621 g/mol. The maximum atomic E-state index is 13.5. The van der Waals surface area contributed by atoms with Crippen molar-refractivity contribution in [2.45, 2.75) is 69.2 Å². The first kappa shape index (κ1) is 31.7. The Morgan fingerprint density at radius 1 is 0.907 bits per heavy atom. The highest BCUT2D eigenvalue weighted by atomic mass is 35.5. The number of halogens is 2. The normalized spacial score (nSPS) is 25.1. The van der Waals surface area contributed by atoms with Gasteiger partial charge in [-0.25, -0.2) is 0 Å². The molecule has 2 fully saturated rings. The number of rotatable bonds is 8. The third-order valence-corrected chi connectivity index (χ3v) is 10.7. The molecule has 0 aromatic heterocycles. The molecular weight excluding hydrogens is 577 g/mol. The number of ketones is 1. The van der Waals surface area contributed by atoms with Crippen molar-refractivity contribution in [1.82, 2.24) is 9.80 Å². The Bertz CT molecular complexity index is 1470. The predicted octanol–water partition coefficient (Wildman–Crippen LogP) is 7.02. The highest BCUT2D eigenvalue weighted by Gasteiger charge is 2.55. The average Bonchev–Trinajstić information content (AvgIpc) is 3.42. The van der Waals surface area contributed by atoms with Crippen LogP contribution in [0, 0.1) is 0 Å². The molecule has 2 N–H and O–H groups in total. The SMILES string of the molecule is CCN1CCC(C(N)=O)(c2ccccc2)CC1C1(c2ccc(Cl)c(Cl)c2)CCN(CC(=O)c2ccc(C(C)(C)C)cc2)C1. The van der Waals surface area contributed by atoms with Crippen molar-refractivity contribution in [2.75, 3.05) is 32.7 Å². The summed E-state index contributed by atoms with van der Waals surface area (Å²) in [6, 6.07) is 23.9. The van der Waals surface area contributed by atoms with Gasteiger partial charge in [0.1, 0.15) is 0 Å². The number of hydrogen-bond donors (Lipinski definition) is 1. The van der Waals surface area contributed by atoms with Gasteiger partial charge in [-0.15, -0.1) is 0 Å². The molecule has 3 aromatic rings. The molecule has 0 saturated carbocycles. The second kappa shape index (κ2) is 12.4. The lowest BCUT2D eigenvalue weighted by Gasteiger charge is -2.52. The number of hydrogen-bond acceptors (Lipinski definition) is 4. The van der Waals surface area contributed by atoms with Crippen LogP contribution in [0.5, 0.6) is 0 Å². The molecule has 7 heteroatoms. The molecule has 3 atom stereocenters. The monoisotopic (exact) mass is 619 g/mol. The molecule has 228 valence electrons. The second-order valence-corrected chi connectivity index (χ2v) is 14.2. The fourth-order valence-corrected chi connectivity index (χ4v) is 7.66. The van der Waals surface area contributed by atoms with Crippen LogP contribution < -0.4 is 5.73 Å². The third kappa shape index (κ3) is 6.15. The van der Waals surface area contributed by atoms with E-state index in [1.54, 1.807) is 0 Å². The lowest BCUT2D eigenvalue weighted by atomic mass is 9.61. The summed E-state index contributed by atoms with van der Waals surface area (Å²) >= 11 is 13.0. The van der Waals surface area contributed by atoms with E-state index in [0.717, 1.165) is 42.7 Å². The first-order valence-corrected chi connectivity index (χ1v) is 16.1. The summed E-state index contributed by atoms with van der Waals surface area (Å²) in [5.74, 6) is -0.176. The van der Waals surface area contributed by atoms with Crippen molar-refractivity contribution in [3.05, 3.63) is 105 Å². The Balaban J connectivity index is 1.51. The lowest BCUT2D eigenvalue weighted by Crippen LogP contribution is -2.61. The number of nitrogens with zero attached hydrogens (tertiary/aromatic N) is 2. The van der Waals surface area contributed by atoms with Gasteiger partial charge in [0.05, 0.1) is 22.0 Å². The standard InChI is InChI=1S/C36H43Cl2N3O2/c1-5-41-20-18-35(33(39)43,27-9-7-6-8-10-27)22-32(41)36(28-15-16-29(37)30(38)21-28)17-19-40(24-36)23-31(42)25-11-13-26(14-12-25)34(2,3)4/h6-16,21,32H,5,17-20,22-24H2,1-4H3,(H2,39,43). The molecule has 5 nitrogen and oxygen atoms in total. The summed E-state index contributed by atoms with van der Waals surface area (Å²) in [5.41, 5.74) is 9.11. The van der Waals surface area contributed by atoms with Crippen molar-refractivity contribution >= 4 is 34.9 Å². The van der Waals surface area contributed by atoms with E-state index < -0.39 is 5.41 Å². The minimum Gasteiger partial charge on any atom is -0.369 e.